The molecule has 2 heterocycles. The van der Waals surface area contributed by atoms with Gasteiger partial charge in [0.2, 0.25) is 0 Å². The molecular formula is C16H20F2N2. The molecule has 1 unspecified atom stereocenters. The molecule has 0 bridgehead atoms. The van der Waals surface area contributed by atoms with Gasteiger partial charge in [-0.2, -0.15) is 0 Å². The Bertz CT molecular complexity index is 640. The average molecular weight is 278 g/mol. The van der Waals surface area contributed by atoms with E-state index in [1.807, 2.05) is 6.07 Å². The van der Waals surface area contributed by atoms with E-state index in [-0.39, 0.29) is 11.9 Å². The molecule has 0 radical (unpaired) electrons. The number of nitrogens with zero attached hydrogens (tertiary/aromatic N) is 1. The number of aromatic amines is 1. The van der Waals surface area contributed by atoms with E-state index in [0.29, 0.717) is 18.6 Å². The number of para-hydroxylation sites is 1. The van der Waals surface area contributed by atoms with E-state index in [4.69, 9.17) is 0 Å². The van der Waals surface area contributed by atoms with Crippen molar-refractivity contribution in [2.75, 3.05) is 6.54 Å². The lowest BCUT2D eigenvalue weighted by atomic mass is 9.96. The highest BCUT2D eigenvalue weighted by Crippen LogP contribution is 2.32. The molecule has 108 valence electrons. The summed E-state index contributed by atoms with van der Waals surface area (Å²) in [6, 6.07) is 5.43. The Kier molecular flexibility index (Phi) is 3.09. The quantitative estimate of drug-likeness (QED) is 0.885. The molecule has 1 aliphatic rings. The summed E-state index contributed by atoms with van der Waals surface area (Å²) in [5.41, 5.74) is 1.56. The van der Waals surface area contributed by atoms with Gasteiger partial charge in [-0.25, -0.2) is 8.78 Å². The van der Waals surface area contributed by atoms with E-state index in [0.717, 1.165) is 17.5 Å². The Labute approximate surface area is 117 Å². The highest BCUT2D eigenvalue weighted by molar-refractivity contribution is 5.85. The number of alkyl halides is 1. The second kappa shape index (κ2) is 4.55. The molecule has 0 spiro atoms. The number of hydrogen-bond acceptors (Lipinski definition) is 1. The van der Waals surface area contributed by atoms with E-state index in [9.17, 15) is 8.78 Å². The predicted molar refractivity (Wildman–Crippen MR) is 77.0 cm³/mol. The van der Waals surface area contributed by atoms with Crippen molar-refractivity contribution in [2.45, 2.75) is 45.4 Å². The second-order valence-corrected chi connectivity index (χ2v) is 6.42. The zero-order valence-corrected chi connectivity index (χ0v) is 12.1. The third kappa shape index (κ3) is 2.33. The lowest BCUT2D eigenvalue weighted by Gasteiger charge is -2.36. The number of aromatic nitrogens is 1. The molecule has 2 aromatic rings. The topological polar surface area (TPSA) is 19.0 Å². The monoisotopic (exact) mass is 278 g/mol. The summed E-state index contributed by atoms with van der Waals surface area (Å²) in [6.07, 6.45) is 0.828. The van der Waals surface area contributed by atoms with Gasteiger partial charge < -0.3 is 4.98 Å². The Morgan fingerprint density at radius 1 is 1.40 bits per heavy atom. The van der Waals surface area contributed by atoms with Crippen molar-refractivity contribution < 1.29 is 8.78 Å². The van der Waals surface area contributed by atoms with Gasteiger partial charge >= 0.3 is 0 Å². The lowest BCUT2D eigenvalue weighted by molar-refractivity contribution is 0.0853. The summed E-state index contributed by atoms with van der Waals surface area (Å²) in [4.78, 5) is 5.30. The van der Waals surface area contributed by atoms with Crippen LogP contribution in [0.5, 0.6) is 0 Å². The molecule has 2 nitrogen and oxygen atoms in total. The molecule has 0 saturated carbocycles. The van der Waals surface area contributed by atoms with Crippen LogP contribution in [-0.4, -0.2) is 28.1 Å². The summed E-state index contributed by atoms with van der Waals surface area (Å²) in [5.74, 6) is -0.220. The van der Waals surface area contributed by atoms with Gasteiger partial charge in [0.05, 0.1) is 5.52 Å². The van der Waals surface area contributed by atoms with Crippen LogP contribution in [0, 0.1) is 5.82 Å². The van der Waals surface area contributed by atoms with Gasteiger partial charge in [-0.15, -0.1) is 0 Å². The molecule has 0 fully saturated rings. The molecule has 0 saturated heterocycles. The van der Waals surface area contributed by atoms with Crippen molar-refractivity contribution in [1.29, 1.82) is 0 Å². The Morgan fingerprint density at radius 3 is 2.85 bits per heavy atom. The van der Waals surface area contributed by atoms with Crippen LogP contribution in [0.1, 0.15) is 32.0 Å². The average Bonchev–Trinajstić information content (AvgIpc) is 2.67. The third-order valence-corrected chi connectivity index (χ3v) is 4.04. The van der Waals surface area contributed by atoms with Crippen LogP contribution in [0.3, 0.4) is 0 Å². The first kappa shape index (κ1) is 13.6. The molecule has 1 aromatic carbocycles. The lowest BCUT2D eigenvalue weighted by Crippen LogP contribution is -2.44. The molecule has 1 aliphatic heterocycles. The number of fused-ring (bicyclic) bond motifs is 3. The third-order valence-electron chi connectivity index (χ3n) is 4.04. The predicted octanol–water partition coefficient (Wildman–Crippen LogP) is 3.80. The van der Waals surface area contributed by atoms with Crippen LogP contribution in [0.2, 0.25) is 0 Å². The molecule has 1 N–H and O–H groups in total. The molecule has 20 heavy (non-hydrogen) atoms. The zero-order valence-electron chi connectivity index (χ0n) is 12.1. The minimum absolute atomic E-state index is 0.220. The SMILES string of the molecule is CC1Cc2c([nH]c3c(F)cccc23)CN1CC(C)(C)F. The van der Waals surface area contributed by atoms with Gasteiger partial charge in [-0.05, 0) is 38.8 Å². The minimum atomic E-state index is -1.22. The highest BCUT2D eigenvalue weighted by Gasteiger charge is 2.30. The number of H-pyrrole nitrogens is 1. The molecular weight excluding hydrogens is 258 g/mol. The smallest absolute Gasteiger partial charge is 0.147 e. The van der Waals surface area contributed by atoms with E-state index >= 15 is 0 Å². The zero-order chi connectivity index (χ0) is 14.5. The first-order valence-corrected chi connectivity index (χ1v) is 7.06. The molecule has 3 rings (SSSR count). The molecule has 0 aliphatic carbocycles. The molecule has 4 heteroatoms. The van der Waals surface area contributed by atoms with E-state index in [2.05, 4.69) is 16.8 Å². The summed E-state index contributed by atoms with van der Waals surface area (Å²) < 4.78 is 27.7. The first-order valence-electron chi connectivity index (χ1n) is 7.06. The van der Waals surface area contributed by atoms with E-state index in [1.165, 1.54) is 11.6 Å². The van der Waals surface area contributed by atoms with Crippen molar-refractivity contribution in [1.82, 2.24) is 9.88 Å². The van der Waals surface area contributed by atoms with Crippen molar-refractivity contribution in [3.8, 4) is 0 Å². The summed E-state index contributed by atoms with van der Waals surface area (Å²) in [7, 11) is 0. The van der Waals surface area contributed by atoms with Crippen LogP contribution in [0.15, 0.2) is 18.2 Å². The first-order chi connectivity index (χ1) is 9.35. The second-order valence-electron chi connectivity index (χ2n) is 6.42. The van der Waals surface area contributed by atoms with Crippen molar-refractivity contribution in [3.05, 3.63) is 35.3 Å². The number of hydrogen-bond donors (Lipinski definition) is 1. The minimum Gasteiger partial charge on any atom is -0.355 e. The number of benzene rings is 1. The molecule has 1 aromatic heterocycles. The van der Waals surface area contributed by atoms with Gasteiger partial charge in [0.15, 0.2) is 0 Å². The number of rotatable bonds is 2. The maximum absolute atomic E-state index is 13.9. The largest absolute Gasteiger partial charge is 0.355 e. The standard InChI is InChI=1S/C16H20F2N2/c1-10-7-12-11-5-4-6-13(17)15(11)19-14(12)8-20(10)9-16(2,3)18/h4-6,10,19H,7-9H2,1-3H3. The van der Waals surface area contributed by atoms with E-state index < -0.39 is 5.67 Å². The van der Waals surface area contributed by atoms with Crippen LogP contribution in [0.25, 0.3) is 10.9 Å². The normalized spacial score (nSPS) is 20.4. The van der Waals surface area contributed by atoms with Crippen LogP contribution < -0.4 is 0 Å². The van der Waals surface area contributed by atoms with Gasteiger partial charge in [0.1, 0.15) is 11.5 Å². The van der Waals surface area contributed by atoms with Crippen LogP contribution in [0.4, 0.5) is 8.78 Å². The summed E-state index contributed by atoms with van der Waals surface area (Å²) in [6.45, 7) is 6.34. The number of nitrogens with one attached hydrogen (secondary N) is 1. The van der Waals surface area contributed by atoms with Gasteiger partial charge in [-0.3, -0.25) is 4.90 Å². The highest BCUT2D eigenvalue weighted by atomic mass is 19.1. The van der Waals surface area contributed by atoms with Crippen LogP contribution in [-0.2, 0) is 13.0 Å². The van der Waals surface area contributed by atoms with Crippen molar-refractivity contribution >= 4 is 10.9 Å². The van der Waals surface area contributed by atoms with E-state index in [1.54, 1.807) is 19.9 Å². The maximum atomic E-state index is 13.9. The number of halogens is 2. The summed E-state index contributed by atoms with van der Waals surface area (Å²) in [5, 5.41) is 0.964. The Morgan fingerprint density at radius 2 is 2.15 bits per heavy atom. The molecule has 0 amide bonds. The fourth-order valence-corrected chi connectivity index (χ4v) is 3.14. The Hall–Kier alpha value is -1.42. The van der Waals surface area contributed by atoms with Gasteiger partial charge in [-0.1, -0.05) is 12.1 Å². The van der Waals surface area contributed by atoms with Crippen molar-refractivity contribution in [3.63, 3.8) is 0 Å². The van der Waals surface area contributed by atoms with Crippen molar-refractivity contribution in [2.24, 2.45) is 0 Å². The maximum Gasteiger partial charge on any atom is 0.147 e. The Balaban J connectivity index is 1.99. The fraction of sp³-hybridized carbons (Fsp3) is 0.500. The van der Waals surface area contributed by atoms with Gasteiger partial charge in [0, 0.05) is 30.2 Å². The fourth-order valence-electron chi connectivity index (χ4n) is 3.14. The molecule has 1 atom stereocenters. The summed E-state index contributed by atoms with van der Waals surface area (Å²) >= 11 is 0. The van der Waals surface area contributed by atoms with Crippen LogP contribution >= 0.6 is 0 Å². The van der Waals surface area contributed by atoms with Gasteiger partial charge in [0.25, 0.3) is 0 Å².